The van der Waals surface area contributed by atoms with E-state index in [0.29, 0.717) is 11.7 Å². The number of anilines is 1. The van der Waals surface area contributed by atoms with Crippen molar-refractivity contribution in [2.45, 2.75) is 53.1 Å². The summed E-state index contributed by atoms with van der Waals surface area (Å²) in [6.07, 6.45) is 2.08. The van der Waals surface area contributed by atoms with E-state index in [1.165, 1.54) is 11.1 Å². The van der Waals surface area contributed by atoms with E-state index in [1.807, 2.05) is 62.4 Å². The van der Waals surface area contributed by atoms with Crippen molar-refractivity contribution in [2.75, 3.05) is 12.3 Å². The zero-order valence-electron chi connectivity index (χ0n) is 18.0. The first-order valence-corrected chi connectivity index (χ1v) is 10.7. The molecule has 2 aromatic carbocycles. The van der Waals surface area contributed by atoms with Crippen LogP contribution < -0.4 is 5.73 Å². The van der Waals surface area contributed by atoms with Crippen LogP contribution in [0.25, 0.3) is 0 Å². The number of halogens is 1. The van der Waals surface area contributed by atoms with Gasteiger partial charge < -0.3 is 10.5 Å². The van der Waals surface area contributed by atoms with Crippen molar-refractivity contribution in [3.63, 3.8) is 0 Å². The highest BCUT2D eigenvalue weighted by atomic mass is 35.5. The Kier molecular flexibility index (Phi) is 12.5. The monoisotopic (exact) mass is 415 g/mol. The standard InChI is InChI=1S/C12H14ClN3.C10H14O.C2H6/c1-2-10(11-7-12(14)16-15-11)8-3-5-9(13)6-4-8;1-2-8-11-9-10-6-4-3-5-7-10;1-2/h3-7,10H,2H2,1H3,(H3,14,15,16);3-7H,2,8-9H2,1H3;1-2H3. The molecule has 29 heavy (non-hydrogen) atoms. The number of nitrogens with one attached hydrogen (secondary N) is 1. The number of H-pyrrole nitrogens is 1. The van der Waals surface area contributed by atoms with Gasteiger partial charge in [-0.2, -0.15) is 5.10 Å². The van der Waals surface area contributed by atoms with Gasteiger partial charge in [-0.1, -0.05) is 81.8 Å². The van der Waals surface area contributed by atoms with Crippen molar-refractivity contribution in [1.29, 1.82) is 0 Å². The number of rotatable bonds is 7. The van der Waals surface area contributed by atoms with E-state index in [1.54, 1.807) is 0 Å². The Morgan fingerprint density at radius 1 is 1.03 bits per heavy atom. The Hall–Kier alpha value is -2.30. The largest absolute Gasteiger partial charge is 0.382 e. The van der Waals surface area contributed by atoms with Crippen molar-refractivity contribution in [2.24, 2.45) is 0 Å². The lowest BCUT2D eigenvalue weighted by atomic mass is 9.93. The van der Waals surface area contributed by atoms with E-state index in [-0.39, 0.29) is 0 Å². The zero-order valence-corrected chi connectivity index (χ0v) is 18.7. The molecule has 0 spiro atoms. The molecular weight excluding hydrogens is 382 g/mol. The van der Waals surface area contributed by atoms with Crippen LogP contribution in [0.5, 0.6) is 0 Å². The van der Waals surface area contributed by atoms with E-state index < -0.39 is 0 Å². The Labute approximate surface area is 180 Å². The average Bonchev–Trinajstić information content (AvgIpc) is 3.19. The first kappa shape index (κ1) is 24.7. The molecule has 0 radical (unpaired) electrons. The van der Waals surface area contributed by atoms with Gasteiger partial charge in [0.15, 0.2) is 0 Å². The number of hydrogen-bond donors (Lipinski definition) is 2. The van der Waals surface area contributed by atoms with Gasteiger partial charge in [0.1, 0.15) is 5.82 Å². The van der Waals surface area contributed by atoms with Crippen LogP contribution in [0, 0.1) is 0 Å². The third kappa shape index (κ3) is 9.16. The van der Waals surface area contributed by atoms with Gasteiger partial charge in [0, 0.05) is 29.3 Å². The summed E-state index contributed by atoms with van der Waals surface area (Å²) < 4.78 is 5.37. The van der Waals surface area contributed by atoms with Gasteiger partial charge in [0.2, 0.25) is 0 Å². The minimum Gasteiger partial charge on any atom is -0.382 e. The number of nitrogens with two attached hydrogens (primary N) is 1. The van der Waals surface area contributed by atoms with E-state index in [0.717, 1.165) is 36.8 Å². The molecule has 3 rings (SSSR count). The summed E-state index contributed by atoms with van der Waals surface area (Å²) in [6, 6.07) is 20.0. The maximum atomic E-state index is 5.87. The molecule has 0 fully saturated rings. The zero-order chi connectivity index (χ0) is 21.5. The molecule has 5 heteroatoms. The molecule has 0 aliphatic carbocycles. The molecule has 0 aliphatic heterocycles. The molecule has 1 unspecified atom stereocenters. The Balaban J connectivity index is 0.000000284. The average molecular weight is 416 g/mol. The molecule has 1 heterocycles. The Morgan fingerprint density at radius 2 is 1.69 bits per heavy atom. The first-order valence-electron chi connectivity index (χ1n) is 10.3. The number of nitrogens with zero attached hydrogens (tertiary/aromatic N) is 1. The van der Waals surface area contributed by atoms with E-state index in [4.69, 9.17) is 22.1 Å². The predicted octanol–water partition coefficient (Wildman–Crippen LogP) is 6.83. The Morgan fingerprint density at radius 3 is 2.21 bits per heavy atom. The van der Waals surface area contributed by atoms with Crippen LogP contribution in [0.2, 0.25) is 5.02 Å². The summed E-state index contributed by atoms with van der Waals surface area (Å²) in [4.78, 5) is 0. The summed E-state index contributed by atoms with van der Waals surface area (Å²) in [7, 11) is 0. The van der Waals surface area contributed by atoms with Gasteiger partial charge in [0.05, 0.1) is 6.61 Å². The maximum Gasteiger partial charge on any atom is 0.145 e. The van der Waals surface area contributed by atoms with Crippen LogP contribution in [-0.2, 0) is 11.3 Å². The molecule has 3 N–H and O–H groups in total. The van der Waals surface area contributed by atoms with Gasteiger partial charge in [-0.15, -0.1) is 0 Å². The molecular formula is C24H34ClN3O. The second-order valence-electron chi connectivity index (χ2n) is 6.30. The topological polar surface area (TPSA) is 63.9 Å². The van der Waals surface area contributed by atoms with Crippen LogP contribution >= 0.6 is 11.6 Å². The van der Waals surface area contributed by atoms with E-state index >= 15 is 0 Å². The van der Waals surface area contributed by atoms with Crippen LogP contribution in [-0.4, -0.2) is 16.8 Å². The van der Waals surface area contributed by atoms with E-state index in [2.05, 4.69) is 36.2 Å². The van der Waals surface area contributed by atoms with Gasteiger partial charge in [-0.3, -0.25) is 5.10 Å². The summed E-state index contributed by atoms with van der Waals surface area (Å²) in [5, 5.41) is 7.67. The molecule has 3 aromatic rings. The molecule has 0 saturated heterocycles. The number of ether oxygens (including phenoxy) is 1. The second kappa shape index (κ2) is 14.7. The van der Waals surface area contributed by atoms with Crippen molar-refractivity contribution >= 4 is 17.4 Å². The molecule has 1 atom stereocenters. The molecule has 0 aliphatic rings. The molecule has 4 nitrogen and oxygen atoms in total. The smallest absolute Gasteiger partial charge is 0.145 e. The fourth-order valence-electron chi connectivity index (χ4n) is 2.77. The quantitative estimate of drug-likeness (QED) is 0.415. The lowest BCUT2D eigenvalue weighted by Crippen LogP contribution is -1.99. The molecule has 158 valence electrons. The highest BCUT2D eigenvalue weighted by Crippen LogP contribution is 2.28. The molecule has 0 saturated carbocycles. The minimum atomic E-state index is 0.294. The summed E-state index contributed by atoms with van der Waals surface area (Å²) in [5.74, 6) is 0.824. The van der Waals surface area contributed by atoms with E-state index in [9.17, 15) is 0 Å². The van der Waals surface area contributed by atoms with Crippen LogP contribution in [0.15, 0.2) is 60.7 Å². The van der Waals surface area contributed by atoms with Gasteiger partial charge >= 0.3 is 0 Å². The van der Waals surface area contributed by atoms with Crippen molar-refractivity contribution in [3.8, 4) is 0 Å². The lowest BCUT2D eigenvalue weighted by Gasteiger charge is -2.13. The first-order chi connectivity index (χ1) is 14.1. The van der Waals surface area contributed by atoms with Gasteiger partial charge in [-0.05, 0) is 36.1 Å². The predicted molar refractivity (Wildman–Crippen MR) is 124 cm³/mol. The molecule has 0 bridgehead atoms. The Bertz CT molecular complexity index is 772. The number of hydrogen-bond acceptors (Lipinski definition) is 3. The highest BCUT2D eigenvalue weighted by molar-refractivity contribution is 6.30. The third-order valence-corrected chi connectivity index (χ3v) is 4.39. The van der Waals surface area contributed by atoms with Crippen molar-refractivity contribution in [3.05, 3.63) is 82.5 Å². The SMILES string of the molecule is CC.CCC(c1ccc(Cl)cc1)c1cc(N)n[nH]1.CCCOCc1ccccc1. The second-order valence-corrected chi connectivity index (χ2v) is 6.74. The maximum absolute atomic E-state index is 5.87. The number of benzene rings is 2. The van der Waals surface area contributed by atoms with Crippen molar-refractivity contribution < 1.29 is 4.74 Å². The van der Waals surface area contributed by atoms with Crippen LogP contribution in [0.1, 0.15) is 63.3 Å². The minimum absolute atomic E-state index is 0.294. The van der Waals surface area contributed by atoms with Gasteiger partial charge in [-0.25, -0.2) is 0 Å². The molecule has 0 amide bonds. The summed E-state index contributed by atoms with van der Waals surface area (Å²) in [5.41, 5.74) is 9.12. The fraction of sp³-hybridized carbons (Fsp3) is 0.375. The number of nitrogen functional groups attached to an aromatic ring is 1. The highest BCUT2D eigenvalue weighted by Gasteiger charge is 2.14. The third-order valence-electron chi connectivity index (χ3n) is 4.13. The fourth-order valence-corrected chi connectivity index (χ4v) is 2.90. The normalized spacial score (nSPS) is 10.9. The van der Waals surface area contributed by atoms with Crippen LogP contribution in [0.3, 0.4) is 0 Å². The van der Waals surface area contributed by atoms with Crippen molar-refractivity contribution in [1.82, 2.24) is 10.2 Å². The molecule has 1 aromatic heterocycles. The summed E-state index contributed by atoms with van der Waals surface area (Å²) in [6.45, 7) is 9.85. The lowest BCUT2D eigenvalue weighted by molar-refractivity contribution is 0.121. The summed E-state index contributed by atoms with van der Waals surface area (Å²) >= 11 is 5.87. The number of aromatic amines is 1. The van der Waals surface area contributed by atoms with Crippen LogP contribution in [0.4, 0.5) is 5.82 Å². The van der Waals surface area contributed by atoms with Gasteiger partial charge in [0.25, 0.3) is 0 Å². The number of aromatic nitrogens is 2.